The molecular weight excluding hydrogens is 326 g/mol. The van der Waals surface area contributed by atoms with Crippen LogP contribution in [-0.2, 0) is 5.41 Å². The summed E-state index contributed by atoms with van der Waals surface area (Å²) in [5, 5.41) is 8.85. The van der Waals surface area contributed by atoms with Gasteiger partial charge in [0.2, 0.25) is 0 Å². The first-order valence-corrected chi connectivity index (χ1v) is 9.20. The smallest absolute Gasteiger partial charge is 0.253 e. The number of amides is 1. The summed E-state index contributed by atoms with van der Waals surface area (Å²) in [5.41, 5.74) is 1.75. The lowest BCUT2D eigenvalue weighted by Gasteiger charge is -2.23. The maximum absolute atomic E-state index is 12.6. The Hall–Kier alpha value is -2.50. The van der Waals surface area contributed by atoms with Gasteiger partial charge in [-0.05, 0) is 24.3 Å². The summed E-state index contributed by atoms with van der Waals surface area (Å²) in [5.74, 6) is 2.07. The Bertz CT molecular complexity index is 770. The number of anilines is 1. The van der Waals surface area contributed by atoms with Crippen LogP contribution in [-0.4, -0.2) is 52.2 Å². The molecule has 2 aromatic heterocycles. The molecular formula is C20H25N5O. The molecule has 2 unspecified atom stereocenters. The highest BCUT2D eigenvalue weighted by Gasteiger charge is 2.42. The third-order valence-electron chi connectivity index (χ3n) is 5.44. The van der Waals surface area contributed by atoms with Gasteiger partial charge in [0, 0.05) is 61.4 Å². The van der Waals surface area contributed by atoms with E-state index in [4.69, 9.17) is 0 Å². The van der Waals surface area contributed by atoms with E-state index in [0.29, 0.717) is 11.8 Å². The zero-order chi connectivity index (χ0) is 18.3. The fourth-order valence-electron chi connectivity index (χ4n) is 3.92. The van der Waals surface area contributed by atoms with Crippen LogP contribution >= 0.6 is 0 Å². The molecule has 6 heteroatoms. The number of likely N-dealkylation sites (tertiary alicyclic amines) is 1. The normalized spacial score (nSPS) is 22.6. The molecule has 26 heavy (non-hydrogen) atoms. The monoisotopic (exact) mass is 351 g/mol. The highest BCUT2D eigenvalue weighted by Crippen LogP contribution is 2.34. The summed E-state index contributed by atoms with van der Waals surface area (Å²) in [6.45, 7) is 9.94. The average molecular weight is 351 g/mol. The Morgan fingerprint density at radius 1 is 0.962 bits per heavy atom. The van der Waals surface area contributed by atoms with Gasteiger partial charge in [-0.25, -0.2) is 0 Å². The highest BCUT2D eigenvalue weighted by molar-refractivity contribution is 5.94. The molecule has 2 atom stereocenters. The molecule has 136 valence electrons. The predicted octanol–water partition coefficient (Wildman–Crippen LogP) is 2.38. The number of hydrogen-bond donors (Lipinski definition) is 0. The van der Waals surface area contributed by atoms with Gasteiger partial charge in [0.15, 0.2) is 5.82 Å². The van der Waals surface area contributed by atoms with E-state index in [0.717, 1.165) is 43.3 Å². The van der Waals surface area contributed by atoms with Crippen molar-refractivity contribution in [3.63, 3.8) is 0 Å². The minimum atomic E-state index is 0.0148. The van der Waals surface area contributed by atoms with Crippen molar-refractivity contribution in [2.24, 2.45) is 11.8 Å². The number of pyridine rings is 1. The van der Waals surface area contributed by atoms with Gasteiger partial charge in [-0.1, -0.05) is 20.8 Å². The Balaban J connectivity index is 1.40. The van der Waals surface area contributed by atoms with Crippen LogP contribution < -0.4 is 4.90 Å². The van der Waals surface area contributed by atoms with Crippen LogP contribution in [0.3, 0.4) is 0 Å². The van der Waals surface area contributed by atoms with Crippen LogP contribution in [0.15, 0.2) is 36.7 Å². The van der Waals surface area contributed by atoms with Gasteiger partial charge >= 0.3 is 0 Å². The second kappa shape index (κ2) is 6.34. The minimum absolute atomic E-state index is 0.0148. The minimum Gasteiger partial charge on any atom is -0.354 e. The van der Waals surface area contributed by atoms with Crippen molar-refractivity contribution in [1.82, 2.24) is 20.1 Å². The number of nitrogens with zero attached hydrogens (tertiary/aromatic N) is 5. The molecule has 0 saturated carbocycles. The Kier molecular flexibility index (Phi) is 4.13. The summed E-state index contributed by atoms with van der Waals surface area (Å²) >= 11 is 0. The molecule has 0 aromatic carbocycles. The topological polar surface area (TPSA) is 62.2 Å². The first-order valence-electron chi connectivity index (χ1n) is 9.20. The van der Waals surface area contributed by atoms with E-state index in [1.807, 2.05) is 4.90 Å². The lowest BCUT2D eigenvalue weighted by molar-refractivity contribution is 0.0782. The molecule has 4 heterocycles. The van der Waals surface area contributed by atoms with Crippen molar-refractivity contribution >= 4 is 11.7 Å². The van der Waals surface area contributed by atoms with Crippen LogP contribution in [0.5, 0.6) is 0 Å². The van der Waals surface area contributed by atoms with Crippen LogP contribution in [0.25, 0.3) is 0 Å². The Morgan fingerprint density at radius 3 is 2.15 bits per heavy atom. The third kappa shape index (κ3) is 3.16. The number of hydrogen-bond acceptors (Lipinski definition) is 5. The molecule has 0 bridgehead atoms. The van der Waals surface area contributed by atoms with Crippen LogP contribution in [0.1, 0.15) is 36.8 Å². The highest BCUT2D eigenvalue weighted by atomic mass is 16.2. The van der Waals surface area contributed by atoms with E-state index in [1.165, 1.54) is 0 Å². The number of fused-ring (bicyclic) bond motifs is 1. The molecule has 6 nitrogen and oxygen atoms in total. The molecule has 0 radical (unpaired) electrons. The molecule has 2 aliphatic rings. The van der Waals surface area contributed by atoms with Crippen molar-refractivity contribution < 1.29 is 4.79 Å². The van der Waals surface area contributed by atoms with Crippen molar-refractivity contribution in [2.75, 3.05) is 31.1 Å². The second-order valence-electron chi connectivity index (χ2n) is 8.40. The van der Waals surface area contributed by atoms with E-state index < -0.39 is 0 Å². The molecule has 2 fully saturated rings. The van der Waals surface area contributed by atoms with Crippen LogP contribution in [0.2, 0.25) is 0 Å². The summed E-state index contributed by atoms with van der Waals surface area (Å²) < 4.78 is 0. The van der Waals surface area contributed by atoms with E-state index in [-0.39, 0.29) is 11.3 Å². The molecule has 0 spiro atoms. The van der Waals surface area contributed by atoms with E-state index in [9.17, 15) is 4.79 Å². The Morgan fingerprint density at radius 2 is 1.62 bits per heavy atom. The van der Waals surface area contributed by atoms with Gasteiger partial charge in [-0.15, -0.1) is 5.10 Å². The fourth-order valence-corrected chi connectivity index (χ4v) is 3.92. The van der Waals surface area contributed by atoms with Gasteiger partial charge in [-0.2, -0.15) is 5.10 Å². The maximum atomic E-state index is 12.6. The third-order valence-corrected chi connectivity index (χ3v) is 5.44. The second-order valence-corrected chi connectivity index (χ2v) is 8.40. The zero-order valence-electron chi connectivity index (χ0n) is 15.6. The first kappa shape index (κ1) is 16.9. The number of rotatable bonds is 2. The molecule has 2 saturated heterocycles. The number of carbonyl (C=O) groups excluding carboxylic acids is 1. The summed E-state index contributed by atoms with van der Waals surface area (Å²) in [4.78, 5) is 20.9. The quantitative estimate of drug-likeness (QED) is 0.831. The van der Waals surface area contributed by atoms with Crippen molar-refractivity contribution in [3.8, 4) is 0 Å². The number of aromatic nitrogens is 3. The average Bonchev–Trinajstić information content (AvgIpc) is 3.20. The SMILES string of the molecule is CC(C)(C)c1ccc(N2CC3CN(C(=O)c4ccncc4)CC3C2)nn1. The van der Waals surface area contributed by atoms with E-state index >= 15 is 0 Å². The molecule has 4 rings (SSSR count). The fraction of sp³-hybridized carbons (Fsp3) is 0.500. The summed E-state index contributed by atoms with van der Waals surface area (Å²) in [6, 6.07) is 7.73. The van der Waals surface area contributed by atoms with E-state index in [1.54, 1.807) is 24.5 Å². The van der Waals surface area contributed by atoms with E-state index in [2.05, 4.69) is 53.0 Å². The zero-order valence-corrected chi connectivity index (χ0v) is 15.6. The molecule has 0 aliphatic carbocycles. The van der Waals surface area contributed by atoms with Gasteiger partial charge in [0.25, 0.3) is 5.91 Å². The van der Waals surface area contributed by atoms with Crippen molar-refractivity contribution in [3.05, 3.63) is 47.9 Å². The first-order chi connectivity index (χ1) is 12.4. The standard InChI is InChI=1S/C20H25N5O/c1-20(2,3)17-4-5-18(23-22-17)24-10-15-12-25(13-16(15)11-24)19(26)14-6-8-21-9-7-14/h4-9,15-16H,10-13H2,1-3H3. The predicted molar refractivity (Wildman–Crippen MR) is 100 cm³/mol. The largest absolute Gasteiger partial charge is 0.354 e. The maximum Gasteiger partial charge on any atom is 0.253 e. The van der Waals surface area contributed by atoms with Crippen LogP contribution in [0, 0.1) is 11.8 Å². The molecule has 0 N–H and O–H groups in total. The lowest BCUT2D eigenvalue weighted by atomic mass is 9.92. The van der Waals surface area contributed by atoms with Crippen molar-refractivity contribution in [1.29, 1.82) is 0 Å². The lowest BCUT2D eigenvalue weighted by Crippen LogP contribution is -2.33. The van der Waals surface area contributed by atoms with Crippen molar-refractivity contribution in [2.45, 2.75) is 26.2 Å². The molecule has 2 aliphatic heterocycles. The van der Waals surface area contributed by atoms with Gasteiger partial charge in [-0.3, -0.25) is 9.78 Å². The van der Waals surface area contributed by atoms with Gasteiger partial charge < -0.3 is 9.80 Å². The number of carbonyl (C=O) groups is 1. The molecule has 1 amide bonds. The van der Waals surface area contributed by atoms with Crippen LogP contribution in [0.4, 0.5) is 5.82 Å². The summed E-state index contributed by atoms with van der Waals surface area (Å²) in [6.07, 6.45) is 3.34. The van der Waals surface area contributed by atoms with Gasteiger partial charge in [0.1, 0.15) is 0 Å². The van der Waals surface area contributed by atoms with Gasteiger partial charge in [0.05, 0.1) is 5.69 Å². The molecule has 2 aromatic rings. The summed E-state index contributed by atoms with van der Waals surface area (Å²) in [7, 11) is 0. The Labute approximate surface area is 154 Å².